The molecule has 2 aliphatic rings. The molecule has 2 fully saturated rings. The largest absolute Gasteiger partial charge is 0.389 e. The smallest absolute Gasteiger partial charge is 0.236 e. The van der Waals surface area contributed by atoms with E-state index < -0.39 is 6.10 Å². The molecule has 0 spiro atoms. The lowest BCUT2D eigenvalue weighted by atomic mass is 10.1. The van der Waals surface area contributed by atoms with E-state index >= 15 is 4.39 Å². The van der Waals surface area contributed by atoms with Crippen LogP contribution in [0.25, 0.3) is 16.8 Å². The van der Waals surface area contributed by atoms with Crippen LogP contribution < -0.4 is 9.80 Å². The molecule has 0 unspecified atom stereocenters. The van der Waals surface area contributed by atoms with Gasteiger partial charge in [-0.25, -0.2) is 13.9 Å². The number of aryl methyl sites for hydroxylation is 2. The molecular formula is C30H33FN8O2S. The minimum atomic E-state index is -0.413. The lowest BCUT2D eigenvalue weighted by Crippen LogP contribution is -2.57. The Bertz CT molecular complexity index is 1660. The summed E-state index contributed by atoms with van der Waals surface area (Å²) in [5.41, 5.74) is 5.55. The van der Waals surface area contributed by atoms with Crippen LogP contribution in [0.5, 0.6) is 0 Å². The Balaban J connectivity index is 1.26. The number of hydrogen-bond donors (Lipinski definition) is 1. The summed E-state index contributed by atoms with van der Waals surface area (Å²) in [4.78, 5) is 25.5. The standard InChI is InChI=1S/C30H33FN8O2S/c1-4-23-29(35(3)30-33-28(26(14-32)42-30)20-7-5-19(2)6-8-20)25-13-24(22(31)17-39(25)34-23)37-11-9-36(10-12-37)18-27(41)38-15-21(40)16-38/h5-8,13,17,21,40H,4,9-12,15-16,18H2,1-3H3. The van der Waals surface area contributed by atoms with Crippen LogP contribution in [0, 0.1) is 24.1 Å². The van der Waals surface area contributed by atoms with Crippen LogP contribution in [0.3, 0.4) is 0 Å². The zero-order valence-electron chi connectivity index (χ0n) is 23.9. The molecule has 0 radical (unpaired) electrons. The number of thiazole rings is 1. The van der Waals surface area contributed by atoms with E-state index in [0.717, 1.165) is 28.0 Å². The van der Waals surface area contributed by atoms with Crippen molar-refractivity contribution in [3.63, 3.8) is 0 Å². The lowest BCUT2D eigenvalue weighted by Gasteiger charge is -2.39. The highest BCUT2D eigenvalue weighted by molar-refractivity contribution is 7.16. The molecular weight excluding hydrogens is 555 g/mol. The van der Waals surface area contributed by atoms with Crippen LogP contribution in [-0.4, -0.2) is 94.4 Å². The van der Waals surface area contributed by atoms with Crippen molar-refractivity contribution in [1.29, 1.82) is 5.26 Å². The van der Waals surface area contributed by atoms with Crippen molar-refractivity contribution in [3.05, 3.63) is 58.5 Å². The summed E-state index contributed by atoms with van der Waals surface area (Å²) in [5, 5.41) is 24.7. The zero-order valence-corrected chi connectivity index (χ0v) is 24.7. The van der Waals surface area contributed by atoms with Crippen molar-refractivity contribution < 1.29 is 14.3 Å². The number of amides is 1. The predicted octanol–water partition coefficient (Wildman–Crippen LogP) is 3.43. The summed E-state index contributed by atoms with van der Waals surface area (Å²) in [5.74, 6) is -0.337. The number of aliphatic hydroxyl groups is 1. The van der Waals surface area contributed by atoms with E-state index in [9.17, 15) is 15.2 Å². The average Bonchev–Trinajstić information content (AvgIpc) is 3.57. The molecule has 4 aromatic rings. The van der Waals surface area contributed by atoms with E-state index in [1.165, 1.54) is 17.5 Å². The third kappa shape index (κ3) is 5.19. The first-order valence-electron chi connectivity index (χ1n) is 14.1. The summed E-state index contributed by atoms with van der Waals surface area (Å²) >= 11 is 1.32. The Hall–Kier alpha value is -4.05. The second-order valence-corrected chi connectivity index (χ2v) is 11.9. The number of aromatic nitrogens is 3. The van der Waals surface area contributed by atoms with Gasteiger partial charge in [-0.3, -0.25) is 9.69 Å². The van der Waals surface area contributed by atoms with E-state index in [1.807, 2.05) is 61.0 Å². The fourth-order valence-corrected chi connectivity index (χ4v) is 6.42. The van der Waals surface area contributed by atoms with Gasteiger partial charge in [0.1, 0.15) is 16.6 Å². The number of anilines is 3. The topological polar surface area (TPSA) is 104 Å². The first-order valence-corrected chi connectivity index (χ1v) is 14.9. The minimum Gasteiger partial charge on any atom is -0.389 e. The fraction of sp³-hybridized carbons (Fsp3) is 0.400. The minimum absolute atomic E-state index is 0.0210. The quantitative estimate of drug-likeness (QED) is 0.350. The highest BCUT2D eigenvalue weighted by Gasteiger charge is 2.31. The third-order valence-corrected chi connectivity index (χ3v) is 9.07. The first kappa shape index (κ1) is 28.1. The molecule has 0 saturated carbocycles. The SMILES string of the molecule is CCc1nn2cc(F)c(N3CCN(CC(=O)N4CC(O)C4)CC3)cc2c1N(C)c1nc(-c2ccc(C)cc2)c(C#N)s1. The number of nitrogens with zero attached hydrogens (tertiary/aromatic N) is 8. The summed E-state index contributed by atoms with van der Waals surface area (Å²) in [6, 6.07) is 12.1. The van der Waals surface area contributed by atoms with Gasteiger partial charge in [-0.2, -0.15) is 10.4 Å². The van der Waals surface area contributed by atoms with E-state index in [1.54, 1.807) is 9.42 Å². The van der Waals surface area contributed by atoms with Crippen LogP contribution >= 0.6 is 11.3 Å². The van der Waals surface area contributed by atoms with Gasteiger partial charge in [-0.05, 0) is 19.4 Å². The lowest BCUT2D eigenvalue weighted by molar-refractivity contribution is -0.142. The molecule has 3 aromatic heterocycles. The first-order chi connectivity index (χ1) is 20.2. The van der Waals surface area contributed by atoms with Crippen LogP contribution in [0.2, 0.25) is 0 Å². The summed E-state index contributed by atoms with van der Waals surface area (Å²) in [7, 11) is 1.91. The number of rotatable bonds is 7. The average molecular weight is 589 g/mol. The molecule has 10 nitrogen and oxygen atoms in total. The number of pyridine rings is 1. The van der Waals surface area contributed by atoms with Gasteiger partial charge in [-0.1, -0.05) is 48.1 Å². The van der Waals surface area contributed by atoms with Crippen LogP contribution in [0.4, 0.5) is 20.9 Å². The summed E-state index contributed by atoms with van der Waals surface area (Å²) < 4.78 is 17.0. The van der Waals surface area contributed by atoms with E-state index in [4.69, 9.17) is 4.98 Å². The summed E-state index contributed by atoms with van der Waals surface area (Å²) in [6.07, 6.45) is 1.65. The third-order valence-electron chi connectivity index (χ3n) is 8.03. The molecule has 0 aliphatic carbocycles. The molecule has 0 bridgehead atoms. The van der Waals surface area contributed by atoms with Gasteiger partial charge in [0.05, 0.1) is 41.4 Å². The van der Waals surface area contributed by atoms with Gasteiger partial charge >= 0.3 is 0 Å². The van der Waals surface area contributed by atoms with Gasteiger partial charge < -0.3 is 19.8 Å². The Kier molecular flexibility index (Phi) is 7.57. The molecule has 1 aromatic carbocycles. The van der Waals surface area contributed by atoms with Crippen molar-refractivity contribution in [3.8, 4) is 17.3 Å². The number of nitriles is 1. The zero-order chi connectivity index (χ0) is 29.5. The van der Waals surface area contributed by atoms with E-state index in [-0.39, 0.29) is 11.7 Å². The Labute approximate surface area is 247 Å². The van der Waals surface area contributed by atoms with Crippen LogP contribution in [-0.2, 0) is 11.2 Å². The van der Waals surface area contributed by atoms with Crippen molar-refractivity contribution in [1.82, 2.24) is 24.4 Å². The highest BCUT2D eigenvalue weighted by atomic mass is 32.1. The highest BCUT2D eigenvalue weighted by Crippen LogP contribution is 2.39. The van der Waals surface area contributed by atoms with Gasteiger partial charge in [0, 0.05) is 51.9 Å². The second-order valence-electron chi connectivity index (χ2n) is 10.9. The molecule has 2 aliphatic heterocycles. The fourth-order valence-electron chi connectivity index (χ4n) is 5.57. The number of halogens is 1. The molecule has 5 heterocycles. The van der Waals surface area contributed by atoms with Crippen molar-refractivity contribution >= 4 is 39.3 Å². The Morgan fingerprint density at radius 3 is 2.57 bits per heavy atom. The van der Waals surface area contributed by atoms with Crippen molar-refractivity contribution in [2.24, 2.45) is 0 Å². The molecule has 218 valence electrons. The number of piperazine rings is 1. The number of carbonyl (C=O) groups excluding carboxylic acids is 1. The molecule has 1 amide bonds. The van der Waals surface area contributed by atoms with Gasteiger partial charge in [0.15, 0.2) is 10.9 Å². The molecule has 12 heteroatoms. The van der Waals surface area contributed by atoms with Gasteiger partial charge in [-0.15, -0.1) is 0 Å². The number of aliphatic hydroxyl groups excluding tert-OH is 1. The molecule has 0 atom stereocenters. The Morgan fingerprint density at radius 1 is 1.21 bits per heavy atom. The Morgan fingerprint density at radius 2 is 1.93 bits per heavy atom. The van der Waals surface area contributed by atoms with E-state index in [0.29, 0.717) is 73.6 Å². The van der Waals surface area contributed by atoms with Crippen molar-refractivity contribution in [2.45, 2.75) is 26.4 Å². The number of likely N-dealkylation sites (tertiary alicyclic amines) is 1. The number of fused-ring (bicyclic) bond motifs is 1. The predicted molar refractivity (Wildman–Crippen MR) is 161 cm³/mol. The monoisotopic (exact) mass is 588 g/mol. The maximum Gasteiger partial charge on any atom is 0.236 e. The molecule has 42 heavy (non-hydrogen) atoms. The normalized spacial score (nSPS) is 16.1. The molecule has 6 rings (SSSR count). The number of carbonyl (C=O) groups is 1. The number of β-amino-alcohol motifs (C(OH)–C–C–N with tert-alkyl or cyclic N) is 1. The van der Waals surface area contributed by atoms with Gasteiger partial charge in [0.2, 0.25) is 5.91 Å². The van der Waals surface area contributed by atoms with Crippen LogP contribution in [0.1, 0.15) is 23.1 Å². The maximum atomic E-state index is 15.4. The van der Waals surface area contributed by atoms with Gasteiger partial charge in [0.25, 0.3) is 0 Å². The second kappa shape index (κ2) is 11.3. The summed E-state index contributed by atoms with van der Waals surface area (Å²) in [6.45, 7) is 7.58. The number of benzene rings is 1. The van der Waals surface area contributed by atoms with Crippen LogP contribution in [0.15, 0.2) is 36.5 Å². The molecule has 1 N–H and O–H groups in total. The number of hydrogen-bond acceptors (Lipinski definition) is 9. The van der Waals surface area contributed by atoms with E-state index in [2.05, 4.69) is 16.1 Å². The van der Waals surface area contributed by atoms with Crippen molar-refractivity contribution in [2.75, 3.05) is 62.7 Å². The maximum absolute atomic E-state index is 15.4. The molecule has 2 saturated heterocycles.